The van der Waals surface area contributed by atoms with Gasteiger partial charge in [-0.15, -0.1) is 0 Å². The Morgan fingerprint density at radius 3 is 2.77 bits per heavy atom. The highest BCUT2D eigenvalue weighted by Crippen LogP contribution is 2.37. The summed E-state index contributed by atoms with van der Waals surface area (Å²) in [5.41, 5.74) is 0. The molecule has 2 nitrogen and oxygen atoms in total. The van der Waals surface area contributed by atoms with Crippen LogP contribution in [0.1, 0.15) is 39.5 Å². The van der Waals surface area contributed by atoms with Crippen molar-refractivity contribution in [2.45, 2.75) is 57.7 Å². The van der Waals surface area contributed by atoms with E-state index >= 15 is 0 Å². The van der Waals surface area contributed by atoms with Crippen LogP contribution in [0, 0.1) is 5.92 Å². The second kappa shape index (κ2) is 3.58. The summed E-state index contributed by atoms with van der Waals surface area (Å²) in [5, 5.41) is 9.63. The zero-order valence-corrected chi connectivity index (χ0v) is 8.74. The van der Waals surface area contributed by atoms with Crippen LogP contribution in [0.3, 0.4) is 0 Å². The molecular weight excluding hydrogens is 162 g/mol. The molecule has 2 rings (SSSR count). The molecule has 1 saturated carbocycles. The second-order valence-electron chi connectivity index (χ2n) is 4.93. The first-order valence-corrected chi connectivity index (χ1v) is 5.62. The van der Waals surface area contributed by atoms with Crippen molar-refractivity contribution in [2.75, 3.05) is 6.54 Å². The molecule has 2 aliphatic rings. The van der Waals surface area contributed by atoms with E-state index in [-0.39, 0.29) is 6.10 Å². The van der Waals surface area contributed by atoms with Gasteiger partial charge in [0.1, 0.15) is 0 Å². The van der Waals surface area contributed by atoms with E-state index in [1.54, 1.807) is 0 Å². The third-order valence-electron chi connectivity index (χ3n) is 3.71. The Morgan fingerprint density at radius 1 is 1.31 bits per heavy atom. The second-order valence-corrected chi connectivity index (χ2v) is 4.93. The maximum atomic E-state index is 9.63. The topological polar surface area (TPSA) is 23.5 Å². The quantitative estimate of drug-likeness (QED) is 0.668. The van der Waals surface area contributed by atoms with Crippen LogP contribution in [0.4, 0.5) is 0 Å². The summed E-state index contributed by atoms with van der Waals surface area (Å²) in [6, 6.07) is 1.34. The average Bonchev–Trinajstić information content (AvgIpc) is 2.43. The Bertz CT molecular complexity index is 181. The minimum Gasteiger partial charge on any atom is -0.393 e. The predicted molar refractivity (Wildman–Crippen MR) is 53.6 cm³/mol. The maximum Gasteiger partial charge on any atom is 0.0558 e. The molecule has 0 aromatic carbocycles. The Morgan fingerprint density at radius 2 is 2.08 bits per heavy atom. The molecule has 0 bridgehead atoms. The standard InChI is InChI=1S/C11H21NO/c1-8(2)12-5-3-4-9-6-10(13)7-11(9)12/h8-11,13H,3-7H2,1-2H3/t9-,10?,11?/m1/s1. The number of aliphatic hydroxyl groups is 1. The summed E-state index contributed by atoms with van der Waals surface area (Å²) < 4.78 is 0. The van der Waals surface area contributed by atoms with Gasteiger partial charge in [0.05, 0.1) is 6.10 Å². The molecule has 13 heavy (non-hydrogen) atoms. The molecule has 1 aliphatic heterocycles. The molecule has 1 heterocycles. The lowest BCUT2D eigenvalue weighted by molar-refractivity contribution is 0.0798. The lowest BCUT2D eigenvalue weighted by atomic mass is 9.91. The van der Waals surface area contributed by atoms with E-state index in [4.69, 9.17) is 0 Å². The van der Waals surface area contributed by atoms with Gasteiger partial charge in [-0.2, -0.15) is 0 Å². The average molecular weight is 183 g/mol. The molecule has 3 atom stereocenters. The van der Waals surface area contributed by atoms with Crippen molar-refractivity contribution >= 4 is 0 Å². The Balaban J connectivity index is 2.05. The van der Waals surface area contributed by atoms with Crippen molar-refractivity contribution in [2.24, 2.45) is 5.92 Å². The largest absolute Gasteiger partial charge is 0.393 e. The minimum absolute atomic E-state index is 0.0191. The molecule has 76 valence electrons. The van der Waals surface area contributed by atoms with Gasteiger partial charge in [0, 0.05) is 12.1 Å². The molecule has 1 N–H and O–H groups in total. The highest BCUT2D eigenvalue weighted by atomic mass is 16.3. The number of aliphatic hydroxyl groups excluding tert-OH is 1. The van der Waals surface area contributed by atoms with Crippen molar-refractivity contribution in [3.8, 4) is 0 Å². The lowest BCUT2D eigenvalue weighted by Crippen LogP contribution is -2.46. The molecular formula is C11H21NO. The zero-order valence-electron chi connectivity index (χ0n) is 8.74. The van der Waals surface area contributed by atoms with Gasteiger partial charge in [0.15, 0.2) is 0 Å². The molecule has 0 spiro atoms. The first kappa shape index (κ1) is 9.47. The van der Waals surface area contributed by atoms with Crippen molar-refractivity contribution in [1.29, 1.82) is 0 Å². The van der Waals surface area contributed by atoms with E-state index in [9.17, 15) is 5.11 Å². The summed E-state index contributed by atoms with van der Waals surface area (Å²) in [6.07, 6.45) is 4.71. The normalized spacial score (nSPS) is 41.1. The Labute approximate surface area is 80.9 Å². The van der Waals surface area contributed by atoms with Crippen LogP contribution in [0.25, 0.3) is 0 Å². The van der Waals surface area contributed by atoms with E-state index in [0.29, 0.717) is 12.1 Å². The SMILES string of the molecule is CC(C)N1CCC[C@@H]2CC(O)CC21. The van der Waals surface area contributed by atoms with Crippen LogP contribution in [0.15, 0.2) is 0 Å². The molecule has 1 saturated heterocycles. The summed E-state index contributed by atoms with van der Waals surface area (Å²) in [4.78, 5) is 2.59. The van der Waals surface area contributed by atoms with Gasteiger partial charge < -0.3 is 5.11 Å². The molecule has 0 aromatic heterocycles. The van der Waals surface area contributed by atoms with E-state index in [2.05, 4.69) is 18.7 Å². The lowest BCUT2D eigenvalue weighted by Gasteiger charge is -2.40. The summed E-state index contributed by atoms with van der Waals surface area (Å²) in [6.45, 7) is 5.78. The fourth-order valence-corrected chi connectivity index (χ4v) is 3.13. The van der Waals surface area contributed by atoms with Gasteiger partial charge in [0.25, 0.3) is 0 Å². The van der Waals surface area contributed by atoms with Crippen molar-refractivity contribution < 1.29 is 5.11 Å². The maximum absolute atomic E-state index is 9.63. The van der Waals surface area contributed by atoms with E-state index in [1.807, 2.05) is 0 Å². The van der Waals surface area contributed by atoms with Crippen LogP contribution in [0.5, 0.6) is 0 Å². The minimum atomic E-state index is -0.0191. The predicted octanol–water partition coefficient (Wildman–Crippen LogP) is 1.63. The zero-order chi connectivity index (χ0) is 9.42. The van der Waals surface area contributed by atoms with Crippen molar-refractivity contribution in [3.63, 3.8) is 0 Å². The van der Waals surface area contributed by atoms with Crippen LogP contribution in [-0.4, -0.2) is 34.7 Å². The molecule has 2 fully saturated rings. The smallest absolute Gasteiger partial charge is 0.0558 e. The number of fused-ring (bicyclic) bond motifs is 1. The number of hydrogen-bond donors (Lipinski definition) is 1. The summed E-state index contributed by atoms with van der Waals surface area (Å²) >= 11 is 0. The number of hydrogen-bond acceptors (Lipinski definition) is 2. The Hall–Kier alpha value is -0.0800. The molecule has 0 amide bonds. The van der Waals surface area contributed by atoms with Gasteiger partial charge in [-0.05, 0) is 52.0 Å². The third kappa shape index (κ3) is 1.75. The first-order valence-electron chi connectivity index (χ1n) is 5.62. The van der Waals surface area contributed by atoms with Gasteiger partial charge in [0.2, 0.25) is 0 Å². The monoisotopic (exact) mass is 183 g/mol. The van der Waals surface area contributed by atoms with Crippen LogP contribution >= 0.6 is 0 Å². The van der Waals surface area contributed by atoms with Crippen molar-refractivity contribution in [3.05, 3.63) is 0 Å². The van der Waals surface area contributed by atoms with Gasteiger partial charge in [-0.25, -0.2) is 0 Å². The van der Waals surface area contributed by atoms with Gasteiger partial charge >= 0.3 is 0 Å². The molecule has 1 aliphatic carbocycles. The van der Waals surface area contributed by atoms with Gasteiger partial charge in [-0.3, -0.25) is 4.90 Å². The number of likely N-dealkylation sites (tertiary alicyclic amines) is 1. The number of nitrogens with zero attached hydrogens (tertiary/aromatic N) is 1. The van der Waals surface area contributed by atoms with Crippen LogP contribution in [0.2, 0.25) is 0 Å². The van der Waals surface area contributed by atoms with Crippen molar-refractivity contribution in [1.82, 2.24) is 4.90 Å². The fourth-order valence-electron chi connectivity index (χ4n) is 3.13. The number of piperidine rings is 1. The van der Waals surface area contributed by atoms with Gasteiger partial charge in [-0.1, -0.05) is 0 Å². The van der Waals surface area contributed by atoms with E-state index in [1.165, 1.54) is 19.4 Å². The molecule has 2 heteroatoms. The third-order valence-corrected chi connectivity index (χ3v) is 3.71. The van der Waals surface area contributed by atoms with Crippen LogP contribution < -0.4 is 0 Å². The fraction of sp³-hybridized carbons (Fsp3) is 1.00. The van der Waals surface area contributed by atoms with Crippen LogP contribution in [-0.2, 0) is 0 Å². The summed E-state index contributed by atoms with van der Waals surface area (Å²) in [5.74, 6) is 0.783. The van der Waals surface area contributed by atoms with E-state index in [0.717, 1.165) is 18.8 Å². The first-order chi connectivity index (χ1) is 6.18. The highest BCUT2D eigenvalue weighted by Gasteiger charge is 2.39. The molecule has 2 unspecified atom stereocenters. The number of rotatable bonds is 1. The summed E-state index contributed by atoms with van der Waals surface area (Å²) in [7, 11) is 0. The molecule has 0 aromatic rings. The highest BCUT2D eigenvalue weighted by molar-refractivity contribution is 4.93. The molecule has 0 radical (unpaired) electrons. The Kier molecular flexibility index (Phi) is 2.61. The van der Waals surface area contributed by atoms with E-state index < -0.39 is 0 Å².